The van der Waals surface area contributed by atoms with E-state index >= 15 is 0 Å². The Kier molecular flexibility index (Phi) is 3.32. The van der Waals surface area contributed by atoms with Crippen LogP contribution >= 0.6 is 0 Å². The van der Waals surface area contributed by atoms with E-state index in [0.29, 0.717) is 5.91 Å². The zero-order valence-corrected chi connectivity index (χ0v) is 9.85. The molecular formula is C13H23NO. The van der Waals surface area contributed by atoms with Crippen molar-refractivity contribution in [1.82, 2.24) is 5.32 Å². The Morgan fingerprint density at radius 1 is 1.27 bits per heavy atom. The summed E-state index contributed by atoms with van der Waals surface area (Å²) >= 11 is 0. The van der Waals surface area contributed by atoms with E-state index in [1.165, 1.54) is 19.3 Å². The summed E-state index contributed by atoms with van der Waals surface area (Å²) in [6.07, 6.45) is 9.60. The largest absolute Gasteiger partial charge is 0.356 e. The highest BCUT2D eigenvalue weighted by Crippen LogP contribution is 2.50. The lowest BCUT2D eigenvalue weighted by atomic mass is 9.60. The monoisotopic (exact) mass is 209 g/mol. The zero-order chi connectivity index (χ0) is 10.7. The summed E-state index contributed by atoms with van der Waals surface area (Å²) in [5.74, 6) is 1.30. The fourth-order valence-corrected chi connectivity index (χ4v) is 3.16. The van der Waals surface area contributed by atoms with Crippen molar-refractivity contribution in [1.29, 1.82) is 0 Å². The summed E-state index contributed by atoms with van der Waals surface area (Å²) in [6.45, 7) is 3.04. The minimum atomic E-state index is 0.0441. The number of rotatable bonds is 4. The van der Waals surface area contributed by atoms with Gasteiger partial charge in [0.1, 0.15) is 0 Å². The second kappa shape index (κ2) is 4.54. The van der Waals surface area contributed by atoms with Gasteiger partial charge in [-0.25, -0.2) is 0 Å². The Labute approximate surface area is 92.8 Å². The number of unbranched alkanes of at least 4 members (excludes halogenated alkanes) is 1. The Morgan fingerprint density at radius 3 is 2.40 bits per heavy atom. The average molecular weight is 209 g/mol. The van der Waals surface area contributed by atoms with Gasteiger partial charge in [0.25, 0.3) is 0 Å². The molecule has 0 unspecified atom stereocenters. The number of carbonyl (C=O) groups is 1. The van der Waals surface area contributed by atoms with Gasteiger partial charge in [-0.1, -0.05) is 13.3 Å². The van der Waals surface area contributed by atoms with Crippen molar-refractivity contribution in [2.24, 2.45) is 11.3 Å². The van der Waals surface area contributed by atoms with Gasteiger partial charge in [-0.2, -0.15) is 0 Å². The van der Waals surface area contributed by atoms with Crippen molar-refractivity contribution < 1.29 is 4.79 Å². The fraction of sp³-hybridized carbons (Fsp3) is 0.923. The van der Waals surface area contributed by atoms with E-state index in [1.54, 1.807) is 0 Å². The summed E-state index contributed by atoms with van der Waals surface area (Å²) in [6, 6.07) is 0. The van der Waals surface area contributed by atoms with Gasteiger partial charge in [0.15, 0.2) is 0 Å². The van der Waals surface area contributed by atoms with Crippen LogP contribution in [-0.2, 0) is 4.79 Å². The van der Waals surface area contributed by atoms with Crippen LogP contribution in [0.25, 0.3) is 0 Å². The Bertz CT molecular complexity index is 215. The molecule has 3 rings (SSSR count). The Balaban J connectivity index is 1.87. The number of carbonyl (C=O) groups excluding carboxylic acids is 1. The highest BCUT2D eigenvalue weighted by molar-refractivity contribution is 5.82. The molecule has 3 saturated carbocycles. The zero-order valence-electron chi connectivity index (χ0n) is 9.85. The van der Waals surface area contributed by atoms with Crippen molar-refractivity contribution in [3.63, 3.8) is 0 Å². The highest BCUT2D eigenvalue weighted by atomic mass is 16.2. The first-order valence-corrected chi connectivity index (χ1v) is 6.55. The summed E-state index contributed by atoms with van der Waals surface area (Å²) in [4.78, 5) is 12.1. The molecule has 0 radical (unpaired) electrons. The lowest BCUT2D eigenvalue weighted by Crippen LogP contribution is -2.46. The van der Waals surface area contributed by atoms with Crippen LogP contribution in [-0.4, -0.2) is 12.5 Å². The quantitative estimate of drug-likeness (QED) is 0.709. The molecular weight excluding hydrogens is 186 g/mol. The molecule has 1 amide bonds. The van der Waals surface area contributed by atoms with Crippen molar-refractivity contribution in [2.75, 3.05) is 6.54 Å². The van der Waals surface area contributed by atoms with Crippen molar-refractivity contribution in [3.8, 4) is 0 Å². The average Bonchev–Trinajstić information content (AvgIpc) is 2.32. The summed E-state index contributed by atoms with van der Waals surface area (Å²) in [7, 11) is 0. The van der Waals surface area contributed by atoms with Crippen molar-refractivity contribution >= 4 is 5.91 Å². The van der Waals surface area contributed by atoms with E-state index in [9.17, 15) is 4.79 Å². The molecule has 2 bridgehead atoms. The maximum absolute atomic E-state index is 12.1. The molecule has 3 aliphatic carbocycles. The van der Waals surface area contributed by atoms with Gasteiger partial charge in [-0.05, 0) is 50.9 Å². The summed E-state index contributed by atoms with van der Waals surface area (Å²) < 4.78 is 0. The standard InChI is InChI=1S/C13H23NO/c1-2-3-10-14-12(15)13-7-4-11(5-8-13)6-9-13/h11H,2-10H2,1H3,(H,14,15). The second-order valence-corrected chi connectivity index (χ2v) is 5.37. The summed E-state index contributed by atoms with van der Waals surface area (Å²) in [5.41, 5.74) is 0.0441. The molecule has 2 heteroatoms. The molecule has 0 atom stereocenters. The SMILES string of the molecule is CCCCNC(=O)C12CCC(CC1)CC2. The number of hydrogen-bond donors (Lipinski definition) is 1. The molecule has 0 aromatic carbocycles. The van der Waals surface area contributed by atoms with Gasteiger partial charge >= 0.3 is 0 Å². The minimum absolute atomic E-state index is 0.0441. The van der Waals surface area contributed by atoms with E-state index in [1.807, 2.05) is 0 Å². The third kappa shape index (κ3) is 2.19. The van der Waals surface area contributed by atoms with Crippen LogP contribution in [0.15, 0.2) is 0 Å². The predicted octanol–water partition coefficient (Wildman–Crippen LogP) is 2.87. The number of nitrogens with one attached hydrogen (secondary N) is 1. The number of fused-ring (bicyclic) bond motifs is 3. The van der Waals surface area contributed by atoms with Crippen LogP contribution in [0.5, 0.6) is 0 Å². The maximum atomic E-state index is 12.1. The van der Waals surface area contributed by atoms with Gasteiger partial charge in [0.2, 0.25) is 5.91 Å². The summed E-state index contributed by atoms with van der Waals surface area (Å²) in [5, 5.41) is 3.13. The van der Waals surface area contributed by atoms with Gasteiger partial charge < -0.3 is 5.32 Å². The molecule has 0 heterocycles. The lowest BCUT2D eigenvalue weighted by Gasteiger charge is -2.45. The molecule has 0 aromatic rings. The topological polar surface area (TPSA) is 29.1 Å². The maximum Gasteiger partial charge on any atom is 0.226 e. The first kappa shape index (κ1) is 11.0. The van der Waals surface area contributed by atoms with E-state index in [2.05, 4.69) is 12.2 Å². The van der Waals surface area contributed by atoms with Gasteiger partial charge in [0, 0.05) is 12.0 Å². The van der Waals surface area contributed by atoms with Crippen LogP contribution in [0.4, 0.5) is 0 Å². The van der Waals surface area contributed by atoms with Gasteiger partial charge in [-0.15, -0.1) is 0 Å². The van der Waals surface area contributed by atoms with Crippen LogP contribution in [0.3, 0.4) is 0 Å². The van der Waals surface area contributed by atoms with E-state index in [-0.39, 0.29) is 5.41 Å². The molecule has 3 fully saturated rings. The predicted molar refractivity (Wildman–Crippen MR) is 61.5 cm³/mol. The Hall–Kier alpha value is -0.530. The molecule has 15 heavy (non-hydrogen) atoms. The number of amides is 1. The normalized spacial score (nSPS) is 34.1. The smallest absolute Gasteiger partial charge is 0.226 e. The first-order valence-electron chi connectivity index (χ1n) is 6.55. The third-order valence-corrected chi connectivity index (χ3v) is 4.39. The number of hydrogen-bond acceptors (Lipinski definition) is 1. The van der Waals surface area contributed by atoms with E-state index < -0.39 is 0 Å². The molecule has 3 aliphatic rings. The Morgan fingerprint density at radius 2 is 1.87 bits per heavy atom. The lowest BCUT2D eigenvalue weighted by molar-refractivity contribution is -0.136. The highest BCUT2D eigenvalue weighted by Gasteiger charge is 2.45. The first-order chi connectivity index (χ1) is 7.27. The fourth-order valence-electron chi connectivity index (χ4n) is 3.16. The molecule has 1 N–H and O–H groups in total. The molecule has 0 aromatic heterocycles. The van der Waals surface area contributed by atoms with Crippen LogP contribution in [0.2, 0.25) is 0 Å². The third-order valence-electron chi connectivity index (χ3n) is 4.39. The van der Waals surface area contributed by atoms with Gasteiger partial charge in [0.05, 0.1) is 0 Å². The van der Waals surface area contributed by atoms with Crippen LogP contribution in [0.1, 0.15) is 58.3 Å². The van der Waals surface area contributed by atoms with Crippen molar-refractivity contribution in [3.05, 3.63) is 0 Å². The minimum Gasteiger partial charge on any atom is -0.356 e. The molecule has 86 valence electrons. The molecule has 0 spiro atoms. The van der Waals surface area contributed by atoms with Crippen LogP contribution < -0.4 is 5.32 Å². The van der Waals surface area contributed by atoms with E-state index in [0.717, 1.165) is 44.6 Å². The second-order valence-electron chi connectivity index (χ2n) is 5.37. The van der Waals surface area contributed by atoms with Crippen LogP contribution in [0, 0.1) is 11.3 Å². The van der Waals surface area contributed by atoms with Crippen molar-refractivity contribution in [2.45, 2.75) is 58.3 Å². The molecule has 0 aliphatic heterocycles. The molecule has 2 nitrogen and oxygen atoms in total. The van der Waals surface area contributed by atoms with E-state index in [4.69, 9.17) is 0 Å². The van der Waals surface area contributed by atoms with Gasteiger partial charge in [-0.3, -0.25) is 4.79 Å². The molecule has 0 saturated heterocycles.